The Bertz CT molecular complexity index is 395. The van der Waals surface area contributed by atoms with Crippen molar-refractivity contribution in [2.45, 2.75) is 32.3 Å². The maximum atomic E-state index is 9.77. The van der Waals surface area contributed by atoms with E-state index in [2.05, 4.69) is 5.32 Å². The number of nitrogens with two attached hydrogens (primary N) is 1. The lowest BCUT2D eigenvalue weighted by Gasteiger charge is -2.17. The highest BCUT2D eigenvalue weighted by molar-refractivity contribution is 5.61. The summed E-state index contributed by atoms with van der Waals surface area (Å²) in [4.78, 5) is 0. The molecule has 0 radical (unpaired) electrons. The zero-order chi connectivity index (χ0) is 13.0. The summed E-state index contributed by atoms with van der Waals surface area (Å²) in [5.74, 6) is 1.08. The van der Waals surface area contributed by atoms with Gasteiger partial charge in [0.15, 0.2) is 0 Å². The summed E-state index contributed by atoms with van der Waals surface area (Å²) in [6, 6.07) is 5.71. The minimum Gasteiger partial charge on any atom is -0.492 e. The van der Waals surface area contributed by atoms with Crippen LogP contribution in [0.25, 0.3) is 0 Å². The first kappa shape index (κ1) is 13.0. The Labute approximate surface area is 108 Å². The topological polar surface area (TPSA) is 67.5 Å². The summed E-state index contributed by atoms with van der Waals surface area (Å²) < 4.78 is 5.46. The Morgan fingerprint density at radius 3 is 2.94 bits per heavy atom. The van der Waals surface area contributed by atoms with Crippen LogP contribution in [0.15, 0.2) is 18.2 Å². The van der Waals surface area contributed by atoms with Crippen molar-refractivity contribution >= 4 is 11.4 Å². The third-order valence-electron chi connectivity index (χ3n) is 3.50. The molecule has 2 rings (SSSR count). The van der Waals surface area contributed by atoms with E-state index >= 15 is 0 Å². The molecular formula is C14H22N2O2. The molecule has 1 saturated carbocycles. The number of nitrogen functional groups attached to an aromatic ring is 1. The van der Waals surface area contributed by atoms with Gasteiger partial charge >= 0.3 is 0 Å². The van der Waals surface area contributed by atoms with Crippen molar-refractivity contribution in [1.82, 2.24) is 0 Å². The van der Waals surface area contributed by atoms with Gasteiger partial charge in [0.1, 0.15) is 5.75 Å². The Hall–Kier alpha value is -1.42. The predicted octanol–water partition coefficient (Wildman–Crippen LogP) is 2.24. The smallest absolute Gasteiger partial charge is 0.144 e. The molecule has 0 aromatic heterocycles. The number of hydrogen-bond donors (Lipinski definition) is 3. The summed E-state index contributed by atoms with van der Waals surface area (Å²) >= 11 is 0. The fraction of sp³-hybridized carbons (Fsp3) is 0.571. The van der Waals surface area contributed by atoms with Gasteiger partial charge in [-0.1, -0.05) is 6.42 Å². The van der Waals surface area contributed by atoms with Gasteiger partial charge in [0, 0.05) is 24.2 Å². The van der Waals surface area contributed by atoms with E-state index in [0.29, 0.717) is 18.2 Å². The molecule has 0 saturated heterocycles. The van der Waals surface area contributed by atoms with E-state index in [1.54, 1.807) is 0 Å². The van der Waals surface area contributed by atoms with Gasteiger partial charge in [0.2, 0.25) is 0 Å². The van der Waals surface area contributed by atoms with Crippen molar-refractivity contribution in [1.29, 1.82) is 0 Å². The minimum atomic E-state index is -0.155. The van der Waals surface area contributed by atoms with Gasteiger partial charge in [-0.2, -0.15) is 0 Å². The van der Waals surface area contributed by atoms with Crippen LogP contribution in [0.3, 0.4) is 0 Å². The van der Waals surface area contributed by atoms with Crippen molar-refractivity contribution in [3.63, 3.8) is 0 Å². The SMILES string of the molecule is CCOc1cc(NCC2CCCC2O)ccc1N. The molecule has 0 amide bonds. The molecule has 4 N–H and O–H groups in total. The lowest BCUT2D eigenvalue weighted by molar-refractivity contribution is 0.138. The molecule has 1 fully saturated rings. The van der Waals surface area contributed by atoms with Crippen LogP contribution in [0.2, 0.25) is 0 Å². The zero-order valence-electron chi connectivity index (χ0n) is 10.9. The molecule has 1 aromatic rings. The van der Waals surface area contributed by atoms with Gasteiger partial charge in [-0.3, -0.25) is 0 Å². The monoisotopic (exact) mass is 250 g/mol. The summed E-state index contributed by atoms with van der Waals surface area (Å²) in [5, 5.41) is 13.1. The number of nitrogens with one attached hydrogen (secondary N) is 1. The number of anilines is 2. The van der Waals surface area contributed by atoms with Gasteiger partial charge in [-0.25, -0.2) is 0 Å². The molecule has 18 heavy (non-hydrogen) atoms. The predicted molar refractivity (Wildman–Crippen MR) is 73.9 cm³/mol. The maximum Gasteiger partial charge on any atom is 0.144 e. The highest BCUT2D eigenvalue weighted by atomic mass is 16.5. The molecule has 4 heteroatoms. The number of aliphatic hydroxyl groups is 1. The fourth-order valence-corrected chi connectivity index (χ4v) is 2.43. The average molecular weight is 250 g/mol. The molecule has 1 aliphatic rings. The zero-order valence-corrected chi connectivity index (χ0v) is 10.9. The highest BCUT2D eigenvalue weighted by Gasteiger charge is 2.24. The summed E-state index contributed by atoms with van der Waals surface area (Å²) in [7, 11) is 0. The van der Waals surface area contributed by atoms with E-state index in [-0.39, 0.29) is 6.10 Å². The molecule has 0 spiro atoms. The Kier molecular flexibility index (Phi) is 4.31. The van der Waals surface area contributed by atoms with Gasteiger partial charge < -0.3 is 20.9 Å². The normalized spacial score (nSPS) is 23.0. The second kappa shape index (κ2) is 5.96. The molecule has 100 valence electrons. The number of ether oxygens (including phenoxy) is 1. The van der Waals surface area contributed by atoms with Gasteiger partial charge in [-0.15, -0.1) is 0 Å². The minimum absolute atomic E-state index is 0.155. The maximum absolute atomic E-state index is 9.77. The van der Waals surface area contributed by atoms with E-state index < -0.39 is 0 Å². The van der Waals surface area contributed by atoms with Crippen LogP contribution in [0.4, 0.5) is 11.4 Å². The number of aliphatic hydroxyl groups excluding tert-OH is 1. The van der Waals surface area contributed by atoms with Gasteiger partial charge in [0.05, 0.1) is 18.4 Å². The van der Waals surface area contributed by atoms with Crippen molar-refractivity contribution in [2.75, 3.05) is 24.2 Å². The number of hydrogen-bond acceptors (Lipinski definition) is 4. The third kappa shape index (κ3) is 3.07. The van der Waals surface area contributed by atoms with Crippen molar-refractivity contribution in [2.24, 2.45) is 5.92 Å². The van der Waals surface area contributed by atoms with E-state index in [0.717, 1.165) is 37.2 Å². The quantitative estimate of drug-likeness (QED) is 0.701. The first-order valence-corrected chi connectivity index (χ1v) is 6.65. The standard InChI is InChI=1S/C14H22N2O2/c1-2-18-14-8-11(6-7-12(14)15)16-9-10-4-3-5-13(10)17/h6-8,10,13,16-17H,2-5,9,15H2,1H3. The van der Waals surface area contributed by atoms with Gasteiger partial charge in [-0.05, 0) is 31.9 Å². The third-order valence-corrected chi connectivity index (χ3v) is 3.50. The molecular weight excluding hydrogens is 228 g/mol. The summed E-state index contributed by atoms with van der Waals surface area (Å²) in [6.45, 7) is 3.35. The molecule has 0 heterocycles. The molecule has 2 atom stereocenters. The molecule has 2 unspecified atom stereocenters. The van der Waals surface area contributed by atoms with Crippen molar-refractivity contribution in [3.8, 4) is 5.75 Å². The Morgan fingerprint density at radius 2 is 2.28 bits per heavy atom. The second-order valence-corrected chi connectivity index (χ2v) is 4.82. The van der Waals surface area contributed by atoms with E-state index in [9.17, 15) is 5.11 Å². The van der Waals surface area contributed by atoms with Crippen LogP contribution >= 0.6 is 0 Å². The summed E-state index contributed by atoms with van der Waals surface area (Å²) in [6.07, 6.45) is 3.00. The second-order valence-electron chi connectivity index (χ2n) is 4.82. The lowest BCUT2D eigenvalue weighted by Crippen LogP contribution is -2.21. The lowest BCUT2D eigenvalue weighted by atomic mass is 10.1. The first-order valence-electron chi connectivity index (χ1n) is 6.65. The Morgan fingerprint density at radius 1 is 1.44 bits per heavy atom. The van der Waals surface area contributed by atoms with Crippen LogP contribution in [0, 0.1) is 5.92 Å². The van der Waals surface area contributed by atoms with Crippen LogP contribution in [0.1, 0.15) is 26.2 Å². The van der Waals surface area contributed by atoms with Crippen molar-refractivity contribution in [3.05, 3.63) is 18.2 Å². The number of benzene rings is 1. The van der Waals surface area contributed by atoms with Crippen LogP contribution in [-0.2, 0) is 0 Å². The first-order chi connectivity index (χ1) is 8.70. The fourth-order valence-electron chi connectivity index (χ4n) is 2.43. The number of rotatable bonds is 5. The molecule has 0 aliphatic heterocycles. The highest BCUT2D eigenvalue weighted by Crippen LogP contribution is 2.28. The van der Waals surface area contributed by atoms with Crippen LogP contribution in [-0.4, -0.2) is 24.4 Å². The molecule has 0 bridgehead atoms. The van der Waals surface area contributed by atoms with Crippen LogP contribution in [0.5, 0.6) is 5.75 Å². The van der Waals surface area contributed by atoms with Gasteiger partial charge in [0.25, 0.3) is 0 Å². The molecule has 4 nitrogen and oxygen atoms in total. The van der Waals surface area contributed by atoms with E-state index in [4.69, 9.17) is 10.5 Å². The summed E-state index contributed by atoms with van der Waals surface area (Å²) in [5.41, 5.74) is 7.47. The van der Waals surface area contributed by atoms with E-state index in [1.165, 1.54) is 0 Å². The molecule has 1 aliphatic carbocycles. The van der Waals surface area contributed by atoms with Crippen molar-refractivity contribution < 1.29 is 9.84 Å². The van der Waals surface area contributed by atoms with E-state index in [1.807, 2.05) is 25.1 Å². The Balaban J connectivity index is 1.94. The largest absolute Gasteiger partial charge is 0.492 e. The van der Waals surface area contributed by atoms with Crippen LogP contribution < -0.4 is 15.8 Å². The molecule has 1 aromatic carbocycles. The average Bonchev–Trinajstić information content (AvgIpc) is 2.76.